The molecule has 0 spiro atoms. The van der Waals surface area contributed by atoms with E-state index in [0.29, 0.717) is 17.6 Å². The van der Waals surface area contributed by atoms with Gasteiger partial charge in [-0.1, -0.05) is 31.4 Å². The Labute approximate surface area is 136 Å². The lowest BCUT2D eigenvalue weighted by molar-refractivity contribution is 0.462. The Morgan fingerprint density at radius 1 is 1.13 bits per heavy atom. The number of nitriles is 1. The van der Waals surface area contributed by atoms with E-state index in [1.807, 2.05) is 31.2 Å². The highest BCUT2D eigenvalue weighted by Crippen LogP contribution is 2.23. The first kappa shape index (κ1) is 15.3. The zero-order valence-electron chi connectivity index (χ0n) is 13.3. The fourth-order valence-corrected chi connectivity index (χ4v) is 2.96. The van der Waals surface area contributed by atoms with Crippen LogP contribution in [-0.2, 0) is 0 Å². The van der Waals surface area contributed by atoms with E-state index in [1.54, 1.807) is 6.07 Å². The summed E-state index contributed by atoms with van der Waals surface area (Å²) in [6.07, 6.45) is 6.29. The van der Waals surface area contributed by atoms with Crippen molar-refractivity contribution in [3.05, 3.63) is 41.6 Å². The van der Waals surface area contributed by atoms with Crippen molar-refractivity contribution >= 4 is 17.5 Å². The van der Waals surface area contributed by atoms with Crippen molar-refractivity contribution in [2.75, 3.05) is 10.6 Å². The molecule has 1 saturated carbocycles. The molecule has 1 aliphatic carbocycles. The summed E-state index contributed by atoms with van der Waals surface area (Å²) in [4.78, 5) is 8.98. The van der Waals surface area contributed by atoms with Crippen LogP contribution < -0.4 is 10.6 Å². The minimum Gasteiger partial charge on any atom is -0.367 e. The van der Waals surface area contributed by atoms with Crippen LogP contribution in [0.5, 0.6) is 0 Å². The number of nitrogens with zero attached hydrogens (tertiary/aromatic N) is 3. The van der Waals surface area contributed by atoms with Gasteiger partial charge in [0.2, 0.25) is 5.95 Å². The zero-order chi connectivity index (χ0) is 16.1. The number of aromatic nitrogens is 2. The summed E-state index contributed by atoms with van der Waals surface area (Å²) < 4.78 is 0. The van der Waals surface area contributed by atoms with E-state index in [1.165, 1.54) is 32.1 Å². The standard InChI is InChI=1S/C18H21N5/c1-13-11-17(21-15-8-3-2-4-9-15)23-18(20-13)22-16-10-6-5-7-14(16)12-19/h5-7,10-11,15H,2-4,8-9H2,1H3,(H2,20,21,22,23). The predicted octanol–water partition coefficient (Wildman–Crippen LogP) is 4.14. The van der Waals surface area contributed by atoms with Gasteiger partial charge in [0.1, 0.15) is 11.9 Å². The molecule has 0 radical (unpaired) electrons. The van der Waals surface area contributed by atoms with Gasteiger partial charge in [-0.3, -0.25) is 0 Å². The van der Waals surface area contributed by atoms with Crippen LogP contribution in [0.25, 0.3) is 0 Å². The maximum absolute atomic E-state index is 9.18. The predicted molar refractivity (Wildman–Crippen MR) is 91.7 cm³/mol. The van der Waals surface area contributed by atoms with Gasteiger partial charge in [0.15, 0.2) is 0 Å². The van der Waals surface area contributed by atoms with Crippen LogP contribution in [0.3, 0.4) is 0 Å². The van der Waals surface area contributed by atoms with Crippen LogP contribution >= 0.6 is 0 Å². The molecule has 1 fully saturated rings. The lowest BCUT2D eigenvalue weighted by atomic mass is 9.95. The molecular formula is C18H21N5. The Kier molecular flexibility index (Phi) is 4.72. The van der Waals surface area contributed by atoms with Crippen molar-refractivity contribution in [1.29, 1.82) is 5.26 Å². The third-order valence-electron chi connectivity index (χ3n) is 4.11. The number of nitrogens with one attached hydrogen (secondary N) is 2. The molecule has 0 saturated heterocycles. The molecule has 1 aliphatic rings. The summed E-state index contributed by atoms with van der Waals surface area (Å²) in [5.74, 6) is 1.37. The largest absolute Gasteiger partial charge is 0.367 e. The SMILES string of the molecule is Cc1cc(NC2CCCCC2)nc(Nc2ccccc2C#N)n1. The average Bonchev–Trinajstić information content (AvgIpc) is 2.56. The average molecular weight is 307 g/mol. The lowest BCUT2D eigenvalue weighted by Crippen LogP contribution is -2.23. The molecule has 3 rings (SSSR count). The number of para-hydroxylation sites is 1. The molecule has 0 unspecified atom stereocenters. The molecule has 1 aromatic heterocycles. The van der Waals surface area contributed by atoms with Gasteiger partial charge in [-0.2, -0.15) is 10.2 Å². The summed E-state index contributed by atoms with van der Waals surface area (Å²) >= 11 is 0. The number of aryl methyl sites for hydroxylation is 1. The molecule has 5 nitrogen and oxygen atoms in total. The minimum absolute atomic E-state index is 0.497. The maximum atomic E-state index is 9.18. The van der Waals surface area contributed by atoms with E-state index in [4.69, 9.17) is 0 Å². The second-order valence-electron chi connectivity index (χ2n) is 5.98. The second kappa shape index (κ2) is 7.10. The molecule has 2 aromatic rings. The van der Waals surface area contributed by atoms with Crippen LogP contribution in [-0.4, -0.2) is 16.0 Å². The molecule has 0 bridgehead atoms. The van der Waals surface area contributed by atoms with Gasteiger partial charge in [0.05, 0.1) is 11.3 Å². The van der Waals surface area contributed by atoms with E-state index in [9.17, 15) is 5.26 Å². The third kappa shape index (κ3) is 3.98. The number of anilines is 3. The molecule has 0 aliphatic heterocycles. The summed E-state index contributed by atoms with van der Waals surface area (Å²) in [6, 6.07) is 12.0. The highest BCUT2D eigenvalue weighted by Gasteiger charge is 2.14. The van der Waals surface area contributed by atoms with Gasteiger partial charge in [0.25, 0.3) is 0 Å². The number of hydrogen-bond donors (Lipinski definition) is 2. The normalized spacial score (nSPS) is 15.0. The van der Waals surface area contributed by atoms with Crippen LogP contribution in [0.2, 0.25) is 0 Å². The molecule has 118 valence electrons. The molecule has 2 N–H and O–H groups in total. The lowest BCUT2D eigenvalue weighted by Gasteiger charge is -2.23. The molecule has 1 heterocycles. The van der Waals surface area contributed by atoms with Gasteiger partial charge in [-0.25, -0.2) is 4.98 Å². The first-order valence-electron chi connectivity index (χ1n) is 8.13. The quantitative estimate of drug-likeness (QED) is 0.888. The Morgan fingerprint density at radius 3 is 2.70 bits per heavy atom. The fraction of sp³-hybridized carbons (Fsp3) is 0.389. The van der Waals surface area contributed by atoms with Crippen molar-refractivity contribution < 1.29 is 0 Å². The smallest absolute Gasteiger partial charge is 0.229 e. The van der Waals surface area contributed by atoms with Crippen molar-refractivity contribution in [2.45, 2.75) is 45.1 Å². The number of benzene rings is 1. The molecule has 0 amide bonds. The van der Waals surface area contributed by atoms with Crippen LogP contribution in [0.4, 0.5) is 17.5 Å². The Balaban J connectivity index is 1.78. The van der Waals surface area contributed by atoms with Crippen molar-refractivity contribution in [3.63, 3.8) is 0 Å². The van der Waals surface area contributed by atoms with Gasteiger partial charge in [0, 0.05) is 17.8 Å². The highest BCUT2D eigenvalue weighted by molar-refractivity contribution is 5.63. The highest BCUT2D eigenvalue weighted by atomic mass is 15.1. The molecule has 5 heteroatoms. The first-order valence-corrected chi connectivity index (χ1v) is 8.13. The molecule has 1 aromatic carbocycles. The maximum Gasteiger partial charge on any atom is 0.229 e. The summed E-state index contributed by atoms with van der Waals surface area (Å²) in [7, 11) is 0. The van der Waals surface area contributed by atoms with E-state index in [2.05, 4.69) is 26.7 Å². The Bertz CT molecular complexity index is 714. The summed E-state index contributed by atoms with van der Waals surface area (Å²) in [5, 5.41) is 15.9. The molecule has 23 heavy (non-hydrogen) atoms. The van der Waals surface area contributed by atoms with Gasteiger partial charge < -0.3 is 10.6 Å². The van der Waals surface area contributed by atoms with E-state index in [-0.39, 0.29) is 0 Å². The van der Waals surface area contributed by atoms with Crippen molar-refractivity contribution in [3.8, 4) is 6.07 Å². The molecular weight excluding hydrogens is 286 g/mol. The van der Waals surface area contributed by atoms with Crippen LogP contribution in [0.1, 0.15) is 43.4 Å². The van der Waals surface area contributed by atoms with Crippen LogP contribution in [0, 0.1) is 18.3 Å². The summed E-state index contributed by atoms with van der Waals surface area (Å²) in [6.45, 7) is 1.95. The fourth-order valence-electron chi connectivity index (χ4n) is 2.96. The first-order chi connectivity index (χ1) is 11.2. The summed E-state index contributed by atoms with van der Waals surface area (Å²) in [5.41, 5.74) is 2.21. The van der Waals surface area contributed by atoms with Crippen LogP contribution in [0.15, 0.2) is 30.3 Å². The number of hydrogen-bond acceptors (Lipinski definition) is 5. The molecule has 0 atom stereocenters. The Morgan fingerprint density at radius 2 is 1.91 bits per heavy atom. The number of rotatable bonds is 4. The van der Waals surface area contributed by atoms with E-state index < -0.39 is 0 Å². The Hall–Kier alpha value is -2.61. The van der Waals surface area contributed by atoms with Gasteiger partial charge in [-0.15, -0.1) is 0 Å². The van der Waals surface area contributed by atoms with Gasteiger partial charge >= 0.3 is 0 Å². The topological polar surface area (TPSA) is 73.6 Å². The minimum atomic E-state index is 0.497. The van der Waals surface area contributed by atoms with E-state index >= 15 is 0 Å². The van der Waals surface area contributed by atoms with Crippen molar-refractivity contribution in [1.82, 2.24) is 9.97 Å². The van der Waals surface area contributed by atoms with Gasteiger partial charge in [-0.05, 0) is 31.9 Å². The van der Waals surface area contributed by atoms with Crippen molar-refractivity contribution in [2.24, 2.45) is 0 Å². The third-order valence-corrected chi connectivity index (χ3v) is 4.11. The monoisotopic (exact) mass is 307 g/mol. The second-order valence-corrected chi connectivity index (χ2v) is 5.98. The van der Waals surface area contributed by atoms with E-state index in [0.717, 1.165) is 17.2 Å². The zero-order valence-corrected chi connectivity index (χ0v) is 13.3.